The lowest BCUT2D eigenvalue weighted by Gasteiger charge is -2.26. The molecule has 1 fully saturated rings. The van der Waals surface area contributed by atoms with Gasteiger partial charge in [-0.05, 0) is 63.0 Å². The van der Waals surface area contributed by atoms with Crippen molar-refractivity contribution in [3.63, 3.8) is 0 Å². The molecule has 0 aliphatic carbocycles. The third-order valence-corrected chi connectivity index (χ3v) is 3.64. The molecule has 1 aromatic rings. The summed E-state index contributed by atoms with van der Waals surface area (Å²) in [6, 6.07) is 6.19. The maximum Gasteiger partial charge on any atom is 0.0374 e. The Morgan fingerprint density at radius 2 is 2.00 bits per heavy atom. The number of benzene rings is 1. The number of rotatable bonds is 5. The van der Waals surface area contributed by atoms with Crippen molar-refractivity contribution in [3.05, 3.63) is 23.8 Å². The molecule has 3 nitrogen and oxygen atoms in total. The summed E-state index contributed by atoms with van der Waals surface area (Å²) in [5.41, 5.74) is 9.35. The lowest BCUT2D eigenvalue weighted by molar-refractivity contribution is 0.231. The minimum atomic E-state index is 0.866. The first-order chi connectivity index (χ1) is 8.79. The van der Waals surface area contributed by atoms with Gasteiger partial charge in [0, 0.05) is 24.5 Å². The smallest absolute Gasteiger partial charge is 0.0374 e. The lowest BCUT2D eigenvalue weighted by atomic mass is 10.1. The largest absolute Gasteiger partial charge is 0.399 e. The fourth-order valence-corrected chi connectivity index (χ4v) is 2.64. The van der Waals surface area contributed by atoms with Crippen molar-refractivity contribution in [2.75, 3.05) is 37.2 Å². The van der Waals surface area contributed by atoms with E-state index in [2.05, 4.69) is 29.3 Å². The Kier molecular flexibility index (Phi) is 4.88. The molecule has 0 radical (unpaired) electrons. The van der Waals surface area contributed by atoms with Crippen molar-refractivity contribution in [3.8, 4) is 0 Å². The number of likely N-dealkylation sites (tertiary alicyclic amines) is 1. The van der Waals surface area contributed by atoms with Crippen LogP contribution in [0.25, 0.3) is 0 Å². The van der Waals surface area contributed by atoms with E-state index < -0.39 is 0 Å². The fourth-order valence-electron chi connectivity index (χ4n) is 2.64. The maximum atomic E-state index is 5.89. The fraction of sp³-hybridized carbons (Fsp3) is 0.600. The van der Waals surface area contributed by atoms with Gasteiger partial charge in [-0.15, -0.1) is 0 Å². The van der Waals surface area contributed by atoms with Crippen molar-refractivity contribution >= 4 is 11.4 Å². The summed E-state index contributed by atoms with van der Waals surface area (Å²) >= 11 is 0. The molecule has 1 aliphatic heterocycles. The van der Waals surface area contributed by atoms with Gasteiger partial charge in [0.2, 0.25) is 0 Å². The molecule has 0 bridgehead atoms. The quantitative estimate of drug-likeness (QED) is 0.786. The predicted molar refractivity (Wildman–Crippen MR) is 79.0 cm³/mol. The maximum absolute atomic E-state index is 5.89. The summed E-state index contributed by atoms with van der Waals surface area (Å²) in [5.74, 6) is 0. The Morgan fingerprint density at radius 3 is 2.72 bits per heavy atom. The molecule has 2 rings (SSSR count). The van der Waals surface area contributed by atoms with E-state index >= 15 is 0 Å². The Labute approximate surface area is 110 Å². The van der Waals surface area contributed by atoms with Crippen molar-refractivity contribution < 1.29 is 0 Å². The molecule has 1 saturated heterocycles. The molecule has 0 amide bonds. The molecule has 3 N–H and O–H groups in total. The molecule has 0 spiro atoms. The molecule has 0 aromatic heterocycles. The standard InChI is InChI=1S/C15H25N3/c1-2-17-15-7-6-14(16)12-13(15)8-11-18-9-4-3-5-10-18/h6-7,12,17H,2-5,8-11,16H2,1H3. The molecule has 1 aliphatic rings. The van der Waals surface area contributed by atoms with Gasteiger partial charge in [0.1, 0.15) is 0 Å². The minimum absolute atomic E-state index is 0.866. The number of piperidine rings is 1. The molecular weight excluding hydrogens is 222 g/mol. The zero-order valence-corrected chi connectivity index (χ0v) is 11.4. The molecule has 0 saturated carbocycles. The van der Waals surface area contributed by atoms with E-state index in [0.717, 1.165) is 25.2 Å². The second kappa shape index (κ2) is 6.64. The van der Waals surface area contributed by atoms with Crippen LogP contribution in [0.3, 0.4) is 0 Å². The van der Waals surface area contributed by atoms with E-state index in [9.17, 15) is 0 Å². The number of nitrogen functional groups attached to an aromatic ring is 1. The van der Waals surface area contributed by atoms with Crippen LogP contribution in [0.2, 0.25) is 0 Å². The number of nitrogens with zero attached hydrogens (tertiary/aromatic N) is 1. The van der Waals surface area contributed by atoms with Crippen molar-refractivity contribution in [1.29, 1.82) is 0 Å². The van der Waals surface area contributed by atoms with Gasteiger partial charge in [-0.2, -0.15) is 0 Å². The second-order valence-electron chi connectivity index (χ2n) is 5.10. The SMILES string of the molecule is CCNc1ccc(N)cc1CCN1CCCCC1. The molecule has 1 heterocycles. The van der Waals surface area contributed by atoms with Gasteiger partial charge in [0.05, 0.1) is 0 Å². The lowest BCUT2D eigenvalue weighted by Crippen LogP contribution is -2.31. The average molecular weight is 247 g/mol. The van der Waals surface area contributed by atoms with Crippen LogP contribution in [0, 0.1) is 0 Å². The number of hydrogen-bond donors (Lipinski definition) is 2. The first-order valence-corrected chi connectivity index (χ1v) is 7.14. The second-order valence-corrected chi connectivity index (χ2v) is 5.10. The van der Waals surface area contributed by atoms with Gasteiger partial charge >= 0.3 is 0 Å². The average Bonchev–Trinajstić information content (AvgIpc) is 2.40. The first kappa shape index (κ1) is 13.2. The van der Waals surface area contributed by atoms with E-state index in [-0.39, 0.29) is 0 Å². The molecule has 0 unspecified atom stereocenters. The van der Waals surface area contributed by atoms with Crippen molar-refractivity contribution in [2.45, 2.75) is 32.6 Å². The monoisotopic (exact) mass is 247 g/mol. The van der Waals surface area contributed by atoms with Crippen LogP contribution in [0.1, 0.15) is 31.7 Å². The molecule has 1 aromatic carbocycles. The highest BCUT2D eigenvalue weighted by Crippen LogP contribution is 2.20. The zero-order valence-electron chi connectivity index (χ0n) is 11.4. The summed E-state index contributed by atoms with van der Waals surface area (Å²) in [6.07, 6.45) is 5.21. The molecule has 3 heteroatoms. The van der Waals surface area contributed by atoms with Crippen molar-refractivity contribution in [1.82, 2.24) is 4.90 Å². The van der Waals surface area contributed by atoms with Crippen LogP contribution in [0.5, 0.6) is 0 Å². The highest BCUT2D eigenvalue weighted by Gasteiger charge is 2.11. The number of anilines is 2. The summed E-state index contributed by atoms with van der Waals surface area (Å²) in [7, 11) is 0. The summed E-state index contributed by atoms with van der Waals surface area (Å²) < 4.78 is 0. The normalized spacial score (nSPS) is 16.7. The topological polar surface area (TPSA) is 41.3 Å². The van der Waals surface area contributed by atoms with Crippen LogP contribution < -0.4 is 11.1 Å². The van der Waals surface area contributed by atoms with E-state index in [1.54, 1.807) is 0 Å². The number of nitrogens with two attached hydrogens (primary N) is 1. The van der Waals surface area contributed by atoms with Gasteiger partial charge in [-0.1, -0.05) is 6.42 Å². The Bertz CT molecular complexity index is 370. The zero-order chi connectivity index (χ0) is 12.8. The van der Waals surface area contributed by atoms with E-state index in [1.165, 1.54) is 43.6 Å². The van der Waals surface area contributed by atoms with Crippen LogP contribution in [-0.4, -0.2) is 31.1 Å². The summed E-state index contributed by atoms with van der Waals surface area (Å²) in [5, 5.41) is 3.42. The van der Waals surface area contributed by atoms with Gasteiger partial charge in [-0.25, -0.2) is 0 Å². The van der Waals surface area contributed by atoms with Crippen LogP contribution >= 0.6 is 0 Å². The van der Waals surface area contributed by atoms with E-state index in [4.69, 9.17) is 5.73 Å². The highest BCUT2D eigenvalue weighted by molar-refractivity contribution is 5.58. The van der Waals surface area contributed by atoms with Crippen LogP contribution in [-0.2, 0) is 6.42 Å². The predicted octanol–water partition coefficient (Wildman–Crippen LogP) is 2.73. The van der Waals surface area contributed by atoms with Gasteiger partial charge in [0.15, 0.2) is 0 Å². The third-order valence-electron chi connectivity index (χ3n) is 3.64. The van der Waals surface area contributed by atoms with Gasteiger partial charge < -0.3 is 16.0 Å². The first-order valence-electron chi connectivity index (χ1n) is 7.14. The molecular formula is C15H25N3. The Morgan fingerprint density at radius 1 is 1.22 bits per heavy atom. The Hall–Kier alpha value is -1.22. The summed E-state index contributed by atoms with van der Waals surface area (Å²) in [4.78, 5) is 2.57. The summed E-state index contributed by atoms with van der Waals surface area (Å²) in [6.45, 7) is 6.77. The van der Waals surface area contributed by atoms with Gasteiger partial charge in [0.25, 0.3) is 0 Å². The Balaban J connectivity index is 1.95. The number of hydrogen-bond acceptors (Lipinski definition) is 3. The molecule has 18 heavy (non-hydrogen) atoms. The molecule has 0 atom stereocenters. The van der Waals surface area contributed by atoms with Crippen LogP contribution in [0.15, 0.2) is 18.2 Å². The third kappa shape index (κ3) is 3.64. The van der Waals surface area contributed by atoms with Gasteiger partial charge in [-0.3, -0.25) is 0 Å². The van der Waals surface area contributed by atoms with Crippen LogP contribution in [0.4, 0.5) is 11.4 Å². The number of nitrogens with one attached hydrogen (secondary N) is 1. The van der Waals surface area contributed by atoms with E-state index in [0.29, 0.717) is 0 Å². The highest BCUT2D eigenvalue weighted by atomic mass is 15.1. The minimum Gasteiger partial charge on any atom is -0.399 e. The molecule has 100 valence electrons. The van der Waals surface area contributed by atoms with E-state index in [1.807, 2.05) is 6.07 Å². The van der Waals surface area contributed by atoms with Crippen molar-refractivity contribution in [2.24, 2.45) is 0 Å².